The number of hydrogen-bond donors (Lipinski definition) is 2. The van der Waals surface area contributed by atoms with E-state index in [0.717, 1.165) is 16.8 Å². The van der Waals surface area contributed by atoms with Crippen LogP contribution in [-0.2, 0) is 9.59 Å². The molecule has 0 atom stereocenters. The van der Waals surface area contributed by atoms with Crippen molar-refractivity contribution in [2.24, 2.45) is 0 Å². The quantitative estimate of drug-likeness (QED) is 0.650. The van der Waals surface area contributed by atoms with Gasteiger partial charge in [-0.2, -0.15) is 5.01 Å². The first-order valence-electron chi connectivity index (χ1n) is 5.77. The third kappa shape index (κ3) is 3.29. The number of hydrazine groups is 1. The number of carbonyl (C=O) groups excluding carboxylic acids is 2. The van der Waals surface area contributed by atoms with Gasteiger partial charge in [0, 0.05) is 6.92 Å². The number of benzene rings is 1. The molecule has 0 saturated carbocycles. The first-order chi connectivity index (χ1) is 9.90. The van der Waals surface area contributed by atoms with Crippen LogP contribution in [0, 0.1) is 0 Å². The molecule has 1 fully saturated rings. The molecule has 0 aromatic heterocycles. The largest absolute Gasteiger partial charge is 0.478 e. The average molecular weight is 322 g/mol. The maximum atomic E-state index is 12.1. The molecule has 21 heavy (non-hydrogen) atoms. The van der Waals surface area contributed by atoms with Crippen molar-refractivity contribution < 1.29 is 19.5 Å². The number of nitrogens with zero attached hydrogens (tertiary/aromatic N) is 1. The molecule has 8 heteroatoms. The van der Waals surface area contributed by atoms with Crippen LogP contribution in [0.3, 0.4) is 0 Å². The van der Waals surface area contributed by atoms with Gasteiger partial charge in [0.2, 0.25) is 5.91 Å². The lowest BCUT2D eigenvalue weighted by molar-refractivity contribution is -0.131. The van der Waals surface area contributed by atoms with Gasteiger partial charge < -0.3 is 5.11 Å². The number of hydrogen-bond acceptors (Lipinski definition) is 5. The summed E-state index contributed by atoms with van der Waals surface area (Å²) in [7, 11) is 0. The van der Waals surface area contributed by atoms with Crippen molar-refractivity contribution in [3.63, 3.8) is 0 Å². The molecule has 108 valence electrons. The number of aromatic carboxylic acids is 1. The van der Waals surface area contributed by atoms with E-state index in [9.17, 15) is 14.4 Å². The highest BCUT2D eigenvalue weighted by Crippen LogP contribution is 2.31. The maximum absolute atomic E-state index is 12.1. The molecule has 1 heterocycles. The Balaban J connectivity index is 2.35. The summed E-state index contributed by atoms with van der Waals surface area (Å²) in [5, 5.41) is 10.1. The van der Waals surface area contributed by atoms with E-state index < -0.39 is 17.8 Å². The Bertz CT molecular complexity index is 685. The van der Waals surface area contributed by atoms with Gasteiger partial charge in [-0.25, -0.2) is 4.79 Å². The van der Waals surface area contributed by atoms with Gasteiger partial charge in [0.1, 0.15) is 0 Å². The number of carboxylic acids is 1. The Morgan fingerprint density at radius 1 is 1.38 bits per heavy atom. The molecule has 1 aromatic rings. The second-order valence-electron chi connectivity index (χ2n) is 4.08. The van der Waals surface area contributed by atoms with Crippen molar-refractivity contribution in [3.8, 4) is 0 Å². The van der Waals surface area contributed by atoms with Crippen LogP contribution in [0.4, 0.5) is 0 Å². The second-order valence-corrected chi connectivity index (χ2v) is 5.75. The lowest BCUT2D eigenvalue weighted by atomic mass is 10.1. The van der Waals surface area contributed by atoms with Crippen LogP contribution in [0.25, 0.3) is 6.08 Å². The summed E-state index contributed by atoms with van der Waals surface area (Å²) in [6.45, 7) is 1.27. The predicted molar refractivity (Wildman–Crippen MR) is 82.2 cm³/mol. The number of rotatable bonds is 3. The summed E-state index contributed by atoms with van der Waals surface area (Å²) in [6, 6.07) is 6.31. The first-order valence-corrected chi connectivity index (χ1v) is 7.00. The van der Waals surface area contributed by atoms with Crippen LogP contribution in [0.2, 0.25) is 0 Å². The van der Waals surface area contributed by atoms with Crippen LogP contribution in [0.5, 0.6) is 0 Å². The van der Waals surface area contributed by atoms with E-state index in [1.807, 2.05) is 0 Å². The highest BCUT2D eigenvalue weighted by Gasteiger charge is 2.33. The first kappa shape index (κ1) is 15.2. The third-order valence-corrected chi connectivity index (χ3v) is 3.84. The monoisotopic (exact) mass is 322 g/mol. The Morgan fingerprint density at radius 3 is 2.67 bits per heavy atom. The van der Waals surface area contributed by atoms with Gasteiger partial charge in [-0.1, -0.05) is 30.0 Å². The average Bonchev–Trinajstić information content (AvgIpc) is 2.66. The lowest BCUT2D eigenvalue weighted by Gasteiger charge is -2.13. The van der Waals surface area contributed by atoms with Crippen molar-refractivity contribution in [2.75, 3.05) is 0 Å². The minimum absolute atomic E-state index is 0.0855. The van der Waals surface area contributed by atoms with Crippen LogP contribution in [-0.4, -0.2) is 32.2 Å². The molecular weight excluding hydrogens is 312 g/mol. The summed E-state index contributed by atoms with van der Waals surface area (Å²) in [5.41, 5.74) is 2.80. The number of carbonyl (C=O) groups is 3. The molecule has 0 unspecified atom stereocenters. The normalized spacial score (nSPS) is 16.4. The molecule has 6 nitrogen and oxygen atoms in total. The van der Waals surface area contributed by atoms with Gasteiger partial charge in [0.15, 0.2) is 4.32 Å². The van der Waals surface area contributed by atoms with Gasteiger partial charge in [0.05, 0.1) is 10.5 Å². The molecule has 1 saturated heterocycles. The highest BCUT2D eigenvalue weighted by molar-refractivity contribution is 8.26. The van der Waals surface area contributed by atoms with Gasteiger partial charge in [-0.3, -0.25) is 15.0 Å². The van der Waals surface area contributed by atoms with Crippen LogP contribution < -0.4 is 5.43 Å². The number of thioether (sulfide) groups is 1. The molecule has 2 amide bonds. The standard InChI is InChI=1S/C13H10N2O4S2/c1-7(16)14-15-11(17)10(21-13(15)20)6-8-4-2-3-5-9(8)12(18)19/h2-6H,1H3,(H,14,16)(H,18,19)/b10-6-. The third-order valence-electron chi connectivity index (χ3n) is 2.54. The van der Waals surface area contributed by atoms with Crippen molar-refractivity contribution in [1.82, 2.24) is 10.4 Å². The summed E-state index contributed by atoms with van der Waals surface area (Å²) in [5.74, 6) is -1.99. The van der Waals surface area contributed by atoms with E-state index >= 15 is 0 Å². The molecule has 0 spiro atoms. The zero-order valence-corrected chi connectivity index (χ0v) is 12.5. The van der Waals surface area contributed by atoms with Crippen LogP contribution in [0.15, 0.2) is 29.2 Å². The zero-order valence-electron chi connectivity index (χ0n) is 10.8. The maximum Gasteiger partial charge on any atom is 0.336 e. The molecule has 1 aliphatic heterocycles. The van der Waals surface area contributed by atoms with Gasteiger partial charge >= 0.3 is 5.97 Å². The Morgan fingerprint density at radius 2 is 2.05 bits per heavy atom. The van der Waals surface area contributed by atoms with Gasteiger partial charge in [-0.15, -0.1) is 0 Å². The van der Waals surface area contributed by atoms with E-state index in [-0.39, 0.29) is 14.8 Å². The Labute approximate surface area is 129 Å². The molecule has 1 aromatic carbocycles. The molecule has 2 N–H and O–H groups in total. The number of carboxylic acid groups (broad SMARTS) is 1. The predicted octanol–water partition coefficient (Wildman–Crippen LogP) is 1.64. The van der Waals surface area contributed by atoms with E-state index in [2.05, 4.69) is 5.43 Å². The van der Waals surface area contributed by atoms with E-state index in [1.54, 1.807) is 18.2 Å². The van der Waals surface area contributed by atoms with Crippen molar-refractivity contribution in [1.29, 1.82) is 0 Å². The SMILES string of the molecule is CC(=O)NN1C(=O)/C(=C/c2ccccc2C(=O)O)SC1=S. The zero-order chi connectivity index (χ0) is 15.6. The molecular formula is C13H10N2O4S2. The number of nitrogens with one attached hydrogen (secondary N) is 1. The molecule has 0 bridgehead atoms. The number of thiocarbonyl (C=S) groups is 1. The van der Waals surface area contributed by atoms with Gasteiger partial charge in [-0.05, 0) is 29.9 Å². The van der Waals surface area contributed by atoms with E-state index in [0.29, 0.717) is 5.56 Å². The highest BCUT2D eigenvalue weighted by atomic mass is 32.2. The lowest BCUT2D eigenvalue weighted by Crippen LogP contribution is -2.43. The molecule has 1 aliphatic rings. The topological polar surface area (TPSA) is 86.7 Å². The molecule has 0 radical (unpaired) electrons. The number of amides is 2. The Kier molecular flexibility index (Phi) is 4.39. The second kappa shape index (κ2) is 6.06. The minimum Gasteiger partial charge on any atom is -0.478 e. The fraction of sp³-hybridized carbons (Fsp3) is 0.0769. The van der Waals surface area contributed by atoms with Crippen molar-refractivity contribution >= 4 is 52.2 Å². The summed E-state index contributed by atoms with van der Waals surface area (Å²) in [6.07, 6.45) is 1.45. The van der Waals surface area contributed by atoms with E-state index in [4.69, 9.17) is 17.3 Å². The summed E-state index contributed by atoms with van der Waals surface area (Å²) >= 11 is 6.01. The smallest absolute Gasteiger partial charge is 0.336 e. The minimum atomic E-state index is -1.08. The summed E-state index contributed by atoms with van der Waals surface area (Å²) < 4.78 is 0.189. The fourth-order valence-corrected chi connectivity index (χ4v) is 2.85. The van der Waals surface area contributed by atoms with E-state index in [1.165, 1.54) is 19.1 Å². The van der Waals surface area contributed by atoms with Crippen molar-refractivity contribution in [3.05, 3.63) is 40.3 Å². The Hall–Kier alpha value is -2.19. The summed E-state index contributed by atoms with van der Waals surface area (Å²) in [4.78, 5) is 34.5. The van der Waals surface area contributed by atoms with Crippen molar-refractivity contribution in [2.45, 2.75) is 6.92 Å². The molecule has 2 rings (SSSR count). The van der Waals surface area contributed by atoms with Crippen LogP contribution >= 0.6 is 24.0 Å². The van der Waals surface area contributed by atoms with Crippen LogP contribution in [0.1, 0.15) is 22.8 Å². The fourth-order valence-electron chi connectivity index (χ4n) is 1.68. The van der Waals surface area contributed by atoms with Gasteiger partial charge in [0.25, 0.3) is 5.91 Å². The molecule has 0 aliphatic carbocycles.